The van der Waals surface area contributed by atoms with Crippen LogP contribution in [0.25, 0.3) is 5.69 Å². The Hall–Kier alpha value is -2.14. The maximum Gasteiger partial charge on any atom is 0.279 e. The predicted molar refractivity (Wildman–Crippen MR) is 91.1 cm³/mol. The second kappa shape index (κ2) is 6.96. The van der Waals surface area contributed by atoms with E-state index < -0.39 is 0 Å². The van der Waals surface area contributed by atoms with Crippen LogP contribution in [0.15, 0.2) is 30.3 Å². The fourth-order valence-corrected chi connectivity index (χ4v) is 3.28. The monoisotopic (exact) mass is 313 g/mol. The molecule has 122 valence electrons. The summed E-state index contributed by atoms with van der Waals surface area (Å²) in [4.78, 5) is 13.8. The molecule has 0 aliphatic carbocycles. The van der Waals surface area contributed by atoms with Gasteiger partial charge in [-0.3, -0.25) is 4.79 Å². The molecule has 1 fully saturated rings. The van der Waals surface area contributed by atoms with Crippen molar-refractivity contribution in [1.82, 2.24) is 9.78 Å². The maximum absolute atomic E-state index is 12.4. The number of piperidine rings is 1. The molecule has 5 nitrogen and oxygen atoms in total. The fraction of sp³-hybridized carbons (Fsp3) is 0.444. The van der Waals surface area contributed by atoms with Gasteiger partial charge in [-0.1, -0.05) is 18.2 Å². The summed E-state index contributed by atoms with van der Waals surface area (Å²) in [5.41, 5.74) is 3.68. The molecule has 1 aromatic carbocycles. The van der Waals surface area contributed by atoms with Crippen LogP contribution in [0, 0.1) is 13.8 Å². The van der Waals surface area contributed by atoms with Crippen LogP contribution in [-0.4, -0.2) is 35.3 Å². The van der Waals surface area contributed by atoms with Crippen molar-refractivity contribution in [3.8, 4) is 5.69 Å². The molecule has 2 heterocycles. The lowest BCUT2D eigenvalue weighted by atomic mass is 10.1. The van der Waals surface area contributed by atoms with E-state index in [-0.39, 0.29) is 5.91 Å². The standard InChI is InChI=1S/C18H24N4O/c1-14-18(19-17(23)13-21-11-7-4-8-12-21)15(2)22(20-14)16-9-5-3-6-10-16/h3,5-6,9-10H,4,7-8,11-13H2,1-2H3,(H,19,23)/p+1. The Morgan fingerprint density at radius 3 is 2.57 bits per heavy atom. The van der Waals surface area contributed by atoms with E-state index >= 15 is 0 Å². The number of nitrogens with zero attached hydrogens (tertiary/aromatic N) is 2. The number of hydrogen-bond donors (Lipinski definition) is 2. The van der Waals surface area contributed by atoms with Crippen molar-refractivity contribution in [2.24, 2.45) is 0 Å². The summed E-state index contributed by atoms with van der Waals surface area (Å²) in [6.45, 7) is 6.70. The van der Waals surface area contributed by atoms with Gasteiger partial charge in [0, 0.05) is 0 Å². The summed E-state index contributed by atoms with van der Waals surface area (Å²) in [7, 11) is 0. The van der Waals surface area contributed by atoms with Crippen molar-refractivity contribution < 1.29 is 9.69 Å². The van der Waals surface area contributed by atoms with E-state index in [0.717, 1.165) is 35.9 Å². The van der Waals surface area contributed by atoms with Gasteiger partial charge in [-0.15, -0.1) is 0 Å². The molecule has 0 radical (unpaired) electrons. The highest BCUT2D eigenvalue weighted by atomic mass is 16.2. The van der Waals surface area contributed by atoms with Gasteiger partial charge in [-0.2, -0.15) is 5.10 Å². The zero-order valence-electron chi connectivity index (χ0n) is 13.9. The molecule has 23 heavy (non-hydrogen) atoms. The van der Waals surface area contributed by atoms with E-state index in [9.17, 15) is 4.79 Å². The molecule has 0 spiro atoms. The number of aryl methyl sites for hydroxylation is 1. The maximum atomic E-state index is 12.4. The molecule has 1 saturated heterocycles. The number of anilines is 1. The molecule has 1 aromatic heterocycles. The van der Waals surface area contributed by atoms with Crippen molar-refractivity contribution in [2.75, 3.05) is 25.0 Å². The van der Waals surface area contributed by atoms with Crippen LogP contribution in [0.2, 0.25) is 0 Å². The zero-order valence-corrected chi connectivity index (χ0v) is 13.9. The average molecular weight is 313 g/mol. The van der Waals surface area contributed by atoms with Crippen molar-refractivity contribution in [1.29, 1.82) is 0 Å². The van der Waals surface area contributed by atoms with Crippen LogP contribution in [0.3, 0.4) is 0 Å². The van der Waals surface area contributed by atoms with Crippen molar-refractivity contribution >= 4 is 11.6 Å². The molecular formula is C18H25N4O+. The van der Waals surface area contributed by atoms with Crippen LogP contribution in [-0.2, 0) is 4.79 Å². The molecule has 0 unspecified atom stereocenters. The van der Waals surface area contributed by atoms with E-state index in [2.05, 4.69) is 10.4 Å². The first-order chi connectivity index (χ1) is 11.1. The Bertz CT molecular complexity index is 672. The van der Waals surface area contributed by atoms with Crippen LogP contribution in [0.1, 0.15) is 30.7 Å². The lowest BCUT2D eigenvalue weighted by Crippen LogP contribution is -3.13. The minimum atomic E-state index is 0.0840. The molecule has 1 amide bonds. The van der Waals surface area contributed by atoms with Crippen LogP contribution in [0.5, 0.6) is 0 Å². The smallest absolute Gasteiger partial charge is 0.279 e. The third kappa shape index (κ3) is 3.62. The van der Waals surface area contributed by atoms with Gasteiger partial charge in [-0.05, 0) is 45.2 Å². The number of nitrogens with one attached hydrogen (secondary N) is 2. The van der Waals surface area contributed by atoms with E-state index in [1.54, 1.807) is 0 Å². The molecule has 5 heteroatoms. The molecular weight excluding hydrogens is 288 g/mol. The highest BCUT2D eigenvalue weighted by molar-refractivity contribution is 5.92. The first-order valence-electron chi connectivity index (χ1n) is 8.40. The molecule has 1 aliphatic heterocycles. The number of carbonyl (C=O) groups is 1. The molecule has 0 saturated carbocycles. The van der Waals surface area contributed by atoms with Gasteiger partial charge in [0.2, 0.25) is 0 Å². The molecule has 0 bridgehead atoms. The number of benzene rings is 1. The lowest BCUT2D eigenvalue weighted by Gasteiger charge is -2.22. The number of para-hydroxylation sites is 1. The van der Waals surface area contributed by atoms with E-state index in [1.807, 2.05) is 48.9 Å². The van der Waals surface area contributed by atoms with Gasteiger partial charge in [-0.25, -0.2) is 4.68 Å². The lowest BCUT2D eigenvalue weighted by molar-refractivity contribution is -0.896. The quantitative estimate of drug-likeness (QED) is 0.899. The van der Waals surface area contributed by atoms with E-state index in [1.165, 1.54) is 24.2 Å². The normalized spacial score (nSPS) is 15.6. The summed E-state index contributed by atoms with van der Waals surface area (Å²) in [5.74, 6) is 0.0840. The molecule has 2 N–H and O–H groups in total. The SMILES string of the molecule is Cc1nn(-c2ccccc2)c(C)c1NC(=O)C[NH+]1CCCCC1. The summed E-state index contributed by atoms with van der Waals surface area (Å²) >= 11 is 0. The fourth-order valence-electron chi connectivity index (χ4n) is 3.28. The highest BCUT2D eigenvalue weighted by Crippen LogP contribution is 2.22. The van der Waals surface area contributed by atoms with E-state index in [4.69, 9.17) is 0 Å². The second-order valence-corrected chi connectivity index (χ2v) is 6.33. The second-order valence-electron chi connectivity index (χ2n) is 6.33. The number of quaternary nitrogens is 1. The number of likely N-dealkylation sites (tertiary alicyclic amines) is 1. The largest absolute Gasteiger partial charge is 0.327 e. The Kier molecular flexibility index (Phi) is 4.76. The first-order valence-corrected chi connectivity index (χ1v) is 8.40. The zero-order chi connectivity index (χ0) is 16.2. The minimum absolute atomic E-state index is 0.0840. The molecule has 0 atom stereocenters. The third-order valence-corrected chi connectivity index (χ3v) is 4.53. The van der Waals surface area contributed by atoms with Crippen molar-refractivity contribution in [3.63, 3.8) is 0 Å². The summed E-state index contributed by atoms with van der Waals surface area (Å²) < 4.78 is 1.89. The Morgan fingerprint density at radius 1 is 1.17 bits per heavy atom. The summed E-state index contributed by atoms with van der Waals surface area (Å²) in [6, 6.07) is 10.00. The van der Waals surface area contributed by atoms with Crippen molar-refractivity contribution in [3.05, 3.63) is 41.7 Å². The molecule has 1 aliphatic rings. The first kappa shape index (κ1) is 15.7. The molecule has 2 aromatic rings. The topological polar surface area (TPSA) is 51.4 Å². The van der Waals surface area contributed by atoms with Crippen LogP contribution in [0.4, 0.5) is 5.69 Å². The van der Waals surface area contributed by atoms with Gasteiger partial charge < -0.3 is 10.2 Å². The molecule has 3 rings (SSSR count). The Balaban J connectivity index is 1.73. The number of aromatic nitrogens is 2. The van der Waals surface area contributed by atoms with Gasteiger partial charge >= 0.3 is 0 Å². The number of carbonyl (C=O) groups excluding carboxylic acids is 1. The Morgan fingerprint density at radius 2 is 1.87 bits per heavy atom. The summed E-state index contributed by atoms with van der Waals surface area (Å²) in [6.07, 6.45) is 3.76. The van der Waals surface area contributed by atoms with Gasteiger partial charge in [0.15, 0.2) is 6.54 Å². The highest BCUT2D eigenvalue weighted by Gasteiger charge is 2.20. The van der Waals surface area contributed by atoms with Crippen molar-refractivity contribution in [2.45, 2.75) is 33.1 Å². The van der Waals surface area contributed by atoms with Crippen LogP contribution >= 0.6 is 0 Å². The number of rotatable bonds is 4. The predicted octanol–water partition coefficient (Wildman–Crippen LogP) is 1.50. The average Bonchev–Trinajstić information content (AvgIpc) is 2.85. The van der Waals surface area contributed by atoms with Crippen LogP contribution < -0.4 is 10.2 Å². The van der Waals surface area contributed by atoms with Gasteiger partial charge in [0.25, 0.3) is 5.91 Å². The third-order valence-electron chi connectivity index (χ3n) is 4.53. The van der Waals surface area contributed by atoms with E-state index in [0.29, 0.717) is 6.54 Å². The number of hydrogen-bond acceptors (Lipinski definition) is 2. The summed E-state index contributed by atoms with van der Waals surface area (Å²) in [5, 5.41) is 7.65. The minimum Gasteiger partial charge on any atom is -0.327 e. The van der Waals surface area contributed by atoms with Gasteiger partial charge in [0.05, 0.1) is 35.9 Å². The number of amides is 1. The van der Waals surface area contributed by atoms with Gasteiger partial charge in [0.1, 0.15) is 0 Å². The Labute approximate surface area is 137 Å².